The van der Waals surface area contributed by atoms with Crippen LogP contribution in [0.1, 0.15) is 38.5 Å². The van der Waals surface area contributed by atoms with Crippen molar-refractivity contribution >= 4 is 11.9 Å². The molecular weight excluding hydrogens is 258 g/mol. The van der Waals surface area contributed by atoms with Gasteiger partial charge in [0.25, 0.3) is 0 Å². The SMILES string of the molecule is CN(CCOCC1CC1)C(=O)[C@@H]1CCCC[C@@H]1C(=O)O. The van der Waals surface area contributed by atoms with Gasteiger partial charge < -0.3 is 14.7 Å². The quantitative estimate of drug-likeness (QED) is 0.723. The Hall–Kier alpha value is -1.10. The van der Waals surface area contributed by atoms with E-state index in [0.717, 1.165) is 25.4 Å². The Morgan fingerprint density at radius 3 is 2.40 bits per heavy atom. The second-order valence-corrected chi connectivity index (χ2v) is 6.11. The van der Waals surface area contributed by atoms with Gasteiger partial charge in [0, 0.05) is 20.2 Å². The molecule has 0 spiro atoms. The van der Waals surface area contributed by atoms with Crippen molar-refractivity contribution in [3.05, 3.63) is 0 Å². The highest BCUT2D eigenvalue weighted by molar-refractivity contribution is 5.84. The molecule has 2 atom stereocenters. The van der Waals surface area contributed by atoms with Gasteiger partial charge in [0.1, 0.15) is 0 Å². The summed E-state index contributed by atoms with van der Waals surface area (Å²) >= 11 is 0. The van der Waals surface area contributed by atoms with Crippen LogP contribution in [-0.4, -0.2) is 48.7 Å². The number of ether oxygens (including phenoxy) is 1. The van der Waals surface area contributed by atoms with E-state index in [1.807, 2.05) is 0 Å². The molecule has 1 N–H and O–H groups in total. The molecule has 0 saturated heterocycles. The molecule has 2 rings (SSSR count). The number of likely N-dealkylation sites (N-methyl/N-ethyl adjacent to an activating group) is 1. The van der Waals surface area contributed by atoms with Crippen molar-refractivity contribution in [3.63, 3.8) is 0 Å². The first-order valence-electron chi connectivity index (χ1n) is 7.65. The number of carboxylic acids is 1. The van der Waals surface area contributed by atoms with Crippen LogP contribution in [0.2, 0.25) is 0 Å². The lowest BCUT2D eigenvalue weighted by Crippen LogP contribution is -2.41. The minimum atomic E-state index is -0.832. The zero-order chi connectivity index (χ0) is 14.5. The summed E-state index contributed by atoms with van der Waals surface area (Å²) in [5.74, 6) is -1.000. The highest BCUT2D eigenvalue weighted by atomic mass is 16.5. The lowest BCUT2D eigenvalue weighted by Gasteiger charge is -2.31. The average molecular weight is 283 g/mol. The predicted molar refractivity (Wildman–Crippen MR) is 74.3 cm³/mol. The molecule has 1 amide bonds. The monoisotopic (exact) mass is 283 g/mol. The van der Waals surface area contributed by atoms with E-state index in [-0.39, 0.29) is 11.8 Å². The van der Waals surface area contributed by atoms with Gasteiger partial charge in [0.05, 0.1) is 18.4 Å². The van der Waals surface area contributed by atoms with Crippen molar-refractivity contribution in [3.8, 4) is 0 Å². The fraction of sp³-hybridized carbons (Fsp3) is 0.867. The molecule has 0 unspecified atom stereocenters. The van der Waals surface area contributed by atoms with Crippen LogP contribution in [0.3, 0.4) is 0 Å². The number of hydrogen-bond acceptors (Lipinski definition) is 3. The zero-order valence-corrected chi connectivity index (χ0v) is 12.2. The highest BCUT2D eigenvalue weighted by Gasteiger charge is 2.36. The van der Waals surface area contributed by atoms with Gasteiger partial charge in [0.2, 0.25) is 5.91 Å². The van der Waals surface area contributed by atoms with Crippen molar-refractivity contribution in [1.29, 1.82) is 0 Å². The van der Waals surface area contributed by atoms with Gasteiger partial charge in [-0.3, -0.25) is 9.59 Å². The van der Waals surface area contributed by atoms with E-state index in [1.165, 1.54) is 12.8 Å². The summed E-state index contributed by atoms with van der Waals surface area (Å²) in [4.78, 5) is 25.2. The number of carboxylic acid groups (broad SMARTS) is 1. The molecule has 20 heavy (non-hydrogen) atoms. The Labute approximate surface area is 120 Å². The number of amides is 1. The van der Waals surface area contributed by atoms with Crippen LogP contribution in [0.4, 0.5) is 0 Å². The third kappa shape index (κ3) is 4.20. The van der Waals surface area contributed by atoms with Gasteiger partial charge in [-0.15, -0.1) is 0 Å². The van der Waals surface area contributed by atoms with Gasteiger partial charge in [-0.1, -0.05) is 12.8 Å². The van der Waals surface area contributed by atoms with E-state index in [9.17, 15) is 14.7 Å². The van der Waals surface area contributed by atoms with E-state index in [4.69, 9.17) is 4.74 Å². The Kier molecular flexibility index (Phi) is 5.40. The summed E-state index contributed by atoms with van der Waals surface area (Å²) in [6, 6.07) is 0. The van der Waals surface area contributed by atoms with Gasteiger partial charge in [-0.05, 0) is 31.6 Å². The smallest absolute Gasteiger partial charge is 0.307 e. The number of aliphatic carboxylic acids is 1. The highest BCUT2D eigenvalue weighted by Crippen LogP contribution is 2.31. The Balaban J connectivity index is 1.76. The van der Waals surface area contributed by atoms with Crippen LogP contribution < -0.4 is 0 Å². The van der Waals surface area contributed by atoms with Crippen LogP contribution in [0.25, 0.3) is 0 Å². The van der Waals surface area contributed by atoms with Crippen molar-refractivity contribution in [2.75, 3.05) is 26.8 Å². The second-order valence-electron chi connectivity index (χ2n) is 6.11. The van der Waals surface area contributed by atoms with Crippen molar-refractivity contribution in [1.82, 2.24) is 4.90 Å². The minimum Gasteiger partial charge on any atom is -0.481 e. The number of nitrogens with zero attached hydrogens (tertiary/aromatic N) is 1. The van der Waals surface area contributed by atoms with Gasteiger partial charge in [-0.25, -0.2) is 0 Å². The molecule has 5 heteroatoms. The van der Waals surface area contributed by atoms with E-state index >= 15 is 0 Å². The van der Waals surface area contributed by atoms with E-state index < -0.39 is 11.9 Å². The van der Waals surface area contributed by atoms with Gasteiger partial charge in [0.15, 0.2) is 0 Å². The van der Waals surface area contributed by atoms with Crippen LogP contribution in [0.5, 0.6) is 0 Å². The fourth-order valence-electron chi connectivity index (χ4n) is 2.85. The van der Waals surface area contributed by atoms with Crippen LogP contribution >= 0.6 is 0 Å². The molecule has 2 aliphatic rings. The lowest BCUT2D eigenvalue weighted by molar-refractivity contribution is -0.152. The molecule has 2 fully saturated rings. The first-order valence-corrected chi connectivity index (χ1v) is 7.65. The molecule has 2 aliphatic carbocycles. The Morgan fingerprint density at radius 1 is 1.15 bits per heavy atom. The molecule has 0 heterocycles. The summed E-state index contributed by atoms with van der Waals surface area (Å²) < 4.78 is 5.53. The van der Waals surface area contributed by atoms with E-state index in [1.54, 1.807) is 11.9 Å². The zero-order valence-electron chi connectivity index (χ0n) is 12.2. The molecule has 2 saturated carbocycles. The first kappa shape index (κ1) is 15.3. The average Bonchev–Trinajstić information content (AvgIpc) is 3.26. The largest absolute Gasteiger partial charge is 0.481 e. The van der Waals surface area contributed by atoms with Crippen molar-refractivity contribution in [2.45, 2.75) is 38.5 Å². The molecule has 0 aliphatic heterocycles. The normalized spacial score (nSPS) is 26.2. The Morgan fingerprint density at radius 2 is 1.80 bits per heavy atom. The van der Waals surface area contributed by atoms with Crippen LogP contribution in [-0.2, 0) is 14.3 Å². The van der Waals surface area contributed by atoms with Crippen LogP contribution in [0, 0.1) is 17.8 Å². The van der Waals surface area contributed by atoms with E-state index in [0.29, 0.717) is 26.0 Å². The standard InChI is InChI=1S/C15H25NO4/c1-16(8-9-20-10-11-6-7-11)14(17)12-4-2-3-5-13(12)15(18)19/h11-13H,2-10H2,1H3,(H,18,19)/t12-,13+/m1/s1. The summed E-state index contributed by atoms with van der Waals surface area (Å²) in [5.41, 5.74) is 0. The number of rotatable bonds is 7. The first-order chi connectivity index (χ1) is 9.59. The summed E-state index contributed by atoms with van der Waals surface area (Å²) in [6.07, 6.45) is 5.70. The third-order valence-corrected chi connectivity index (χ3v) is 4.40. The second kappa shape index (κ2) is 7.07. The Bertz CT molecular complexity index is 354. The number of carbonyl (C=O) groups excluding carboxylic acids is 1. The summed E-state index contributed by atoms with van der Waals surface area (Å²) in [5, 5.41) is 9.23. The molecule has 114 valence electrons. The van der Waals surface area contributed by atoms with E-state index in [2.05, 4.69) is 0 Å². The lowest BCUT2D eigenvalue weighted by atomic mass is 9.78. The van der Waals surface area contributed by atoms with Gasteiger partial charge in [-0.2, -0.15) is 0 Å². The van der Waals surface area contributed by atoms with Crippen molar-refractivity contribution < 1.29 is 19.4 Å². The summed E-state index contributed by atoms with van der Waals surface area (Å²) in [6.45, 7) is 1.89. The van der Waals surface area contributed by atoms with Crippen LogP contribution in [0.15, 0.2) is 0 Å². The van der Waals surface area contributed by atoms with Gasteiger partial charge >= 0.3 is 5.97 Å². The molecule has 0 bridgehead atoms. The topological polar surface area (TPSA) is 66.8 Å². The maximum Gasteiger partial charge on any atom is 0.307 e. The molecule has 0 aromatic heterocycles. The van der Waals surface area contributed by atoms with Crippen molar-refractivity contribution in [2.24, 2.45) is 17.8 Å². The molecule has 0 aromatic rings. The third-order valence-electron chi connectivity index (χ3n) is 4.40. The minimum absolute atomic E-state index is 0.0351. The predicted octanol–water partition coefficient (Wildman–Crippen LogP) is 1.76. The fourth-order valence-corrected chi connectivity index (χ4v) is 2.85. The molecular formula is C15H25NO4. The molecule has 0 aromatic carbocycles. The molecule has 5 nitrogen and oxygen atoms in total. The summed E-state index contributed by atoms with van der Waals surface area (Å²) in [7, 11) is 1.75. The maximum absolute atomic E-state index is 12.4. The molecule has 0 radical (unpaired) electrons. The maximum atomic E-state index is 12.4. The number of carbonyl (C=O) groups is 2. The number of hydrogen-bond donors (Lipinski definition) is 1.